The van der Waals surface area contributed by atoms with Gasteiger partial charge in [0.1, 0.15) is 0 Å². The molecule has 0 aromatic heterocycles. The van der Waals surface area contributed by atoms with E-state index in [9.17, 15) is 0 Å². The highest BCUT2D eigenvalue weighted by atomic mass is 15.2. The first-order valence-corrected chi connectivity index (χ1v) is 5.33. The molecule has 1 rings (SSSR count). The summed E-state index contributed by atoms with van der Waals surface area (Å²) in [6.07, 6.45) is 3.76. The van der Waals surface area contributed by atoms with E-state index in [0.29, 0.717) is 0 Å². The van der Waals surface area contributed by atoms with Gasteiger partial charge in [0.25, 0.3) is 0 Å². The van der Waals surface area contributed by atoms with Gasteiger partial charge in [0.15, 0.2) is 0 Å². The van der Waals surface area contributed by atoms with Crippen molar-refractivity contribution >= 4 is 0 Å². The van der Waals surface area contributed by atoms with Crippen LogP contribution < -0.4 is 5.73 Å². The van der Waals surface area contributed by atoms with Gasteiger partial charge in [-0.2, -0.15) is 0 Å². The molecule has 0 spiro atoms. The molecule has 0 saturated carbocycles. The van der Waals surface area contributed by atoms with Gasteiger partial charge in [-0.25, -0.2) is 0 Å². The Labute approximate surface area is 81.9 Å². The van der Waals surface area contributed by atoms with Gasteiger partial charge in [-0.1, -0.05) is 0 Å². The Morgan fingerprint density at radius 2 is 2.00 bits per heavy atom. The average molecular weight is 185 g/mol. The standard InChI is InChI=1S/C10H23N3/c1-12-8-4-10(5-9-12)13(2)7-3-6-11/h10H,3-9,11H2,1-2H3. The first kappa shape index (κ1) is 11.0. The molecule has 0 aromatic rings. The van der Waals surface area contributed by atoms with Gasteiger partial charge in [0.05, 0.1) is 0 Å². The topological polar surface area (TPSA) is 32.5 Å². The van der Waals surface area contributed by atoms with Crippen LogP contribution in [0.5, 0.6) is 0 Å². The first-order chi connectivity index (χ1) is 6.24. The molecule has 2 N–H and O–H groups in total. The SMILES string of the molecule is CN1CCC(N(C)CCCN)CC1. The Kier molecular flexibility index (Phi) is 4.70. The summed E-state index contributed by atoms with van der Waals surface area (Å²) in [7, 11) is 4.43. The fourth-order valence-corrected chi connectivity index (χ4v) is 1.96. The van der Waals surface area contributed by atoms with Crippen LogP contribution in [0.4, 0.5) is 0 Å². The molecule has 1 aliphatic rings. The number of rotatable bonds is 4. The third-order valence-electron chi connectivity index (χ3n) is 3.03. The highest BCUT2D eigenvalue weighted by Crippen LogP contribution is 2.13. The molecule has 0 aliphatic carbocycles. The van der Waals surface area contributed by atoms with E-state index in [1.807, 2.05) is 0 Å². The van der Waals surface area contributed by atoms with Gasteiger partial charge >= 0.3 is 0 Å². The van der Waals surface area contributed by atoms with Crippen molar-refractivity contribution in [2.24, 2.45) is 5.73 Å². The Hall–Kier alpha value is -0.120. The molecule has 0 radical (unpaired) electrons. The van der Waals surface area contributed by atoms with E-state index in [2.05, 4.69) is 23.9 Å². The molecular formula is C10H23N3. The van der Waals surface area contributed by atoms with Crippen molar-refractivity contribution in [3.05, 3.63) is 0 Å². The number of hydrogen-bond donors (Lipinski definition) is 1. The molecule has 0 amide bonds. The van der Waals surface area contributed by atoms with Crippen LogP contribution in [-0.4, -0.2) is 56.1 Å². The maximum absolute atomic E-state index is 5.49. The highest BCUT2D eigenvalue weighted by molar-refractivity contribution is 4.76. The Balaban J connectivity index is 2.19. The summed E-state index contributed by atoms with van der Waals surface area (Å²) in [6, 6.07) is 0.794. The molecule has 1 aliphatic heterocycles. The van der Waals surface area contributed by atoms with Crippen LogP contribution in [0.15, 0.2) is 0 Å². The number of hydrogen-bond acceptors (Lipinski definition) is 3. The third-order valence-corrected chi connectivity index (χ3v) is 3.03. The molecule has 3 heteroatoms. The number of nitrogens with zero attached hydrogens (tertiary/aromatic N) is 2. The third kappa shape index (κ3) is 3.63. The van der Waals surface area contributed by atoms with Crippen molar-refractivity contribution in [3.8, 4) is 0 Å². The van der Waals surface area contributed by atoms with Gasteiger partial charge < -0.3 is 15.5 Å². The van der Waals surface area contributed by atoms with Crippen molar-refractivity contribution in [3.63, 3.8) is 0 Å². The molecule has 0 aromatic carbocycles. The van der Waals surface area contributed by atoms with Crippen molar-refractivity contribution in [2.45, 2.75) is 25.3 Å². The zero-order valence-electron chi connectivity index (χ0n) is 9.00. The Bertz CT molecular complexity index is 130. The van der Waals surface area contributed by atoms with Crippen LogP contribution in [0, 0.1) is 0 Å². The van der Waals surface area contributed by atoms with E-state index < -0.39 is 0 Å². The molecule has 13 heavy (non-hydrogen) atoms. The largest absolute Gasteiger partial charge is 0.330 e. The second kappa shape index (κ2) is 5.58. The minimum atomic E-state index is 0.794. The molecule has 0 bridgehead atoms. The van der Waals surface area contributed by atoms with E-state index in [-0.39, 0.29) is 0 Å². The van der Waals surface area contributed by atoms with Crippen molar-refractivity contribution in [2.75, 3.05) is 40.3 Å². The summed E-state index contributed by atoms with van der Waals surface area (Å²) in [5.41, 5.74) is 5.49. The smallest absolute Gasteiger partial charge is 0.0117 e. The van der Waals surface area contributed by atoms with Gasteiger partial charge in [0.2, 0.25) is 0 Å². The summed E-state index contributed by atoms with van der Waals surface area (Å²) in [5, 5.41) is 0. The zero-order valence-corrected chi connectivity index (χ0v) is 9.00. The van der Waals surface area contributed by atoms with E-state index in [1.165, 1.54) is 25.9 Å². The van der Waals surface area contributed by atoms with Crippen molar-refractivity contribution in [1.29, 1.82) is 0 Å². The van der Waals surface area contributed by atoms with Crippen molar-refractivity contribution in [1.82, 2.24) is 9.80 Å². The summed E-state index contributed by atoms with van der Waals surface area (Å²) >= 11 is 0. The summed E-state index contributed by atoms with van der Waals surface area (Å²) in [4.78, 5) is 4.88. The lowest BCUT2D eigenvalue weighted by atomic mass is 10.0. The summed E-state index contributed by atoms with van der Waals surface area (Å²) in [6.45, 7) is 4.47. The van der Waals surface area contributed by atoms with Gasteiger partial charge in [-0.05, 0) is 59.5 Å². The monoisotopic (exact) mass is 185 g/mol. The minimum Gasteiger partial charge on any atom is -0.330 e. The number of piperidine rings is 1. The van der Waals surface area contributed by atoms with E-state index in [4.69, 9.17) is 5.73 Å². The van der Waals surface area contributed by atoms with E-state index in [1.54, 1.807) is 0 Å². The predicted octanol–water partition coefficient (Wildman–Crippen LogP) is 0.361. The zero-order chi connectivity index (χ0) is 9.68. The lowest BCUT2D eigenvalue weighted by molar-refractivity contribution is 0.144. The Morgan fingerprint density at radius 3 is 2.54 bits per heavy atom. The molecule has 3 nitrogen and oxygen atoms in total. The van der Waals surface area contributed by atoms with Crippen LogP contribution in [0.1, 0.15) is 19.3 Å². The molecule has 1 heterocycles. The number of nitrogens with two attached hydrogens (primary N) is 1. The van der Waals surface area contributed by atoms with Crippen LogP contribution in [0.2, 0.25) is 0 Å². The predicted molar refractivity (Wildman–Crippen MR) is 56.8 cm³/mol. The lowest BCUT2D eigenvalue weighted by Crippen LogP contribution is -2.42. The Morgan fingerprint density at radius 1 is 1.38 bits per heavy atom. The maximum Gasteiger partial charge on any atom is 0.0117 e. The van der Waals surface area contributed by atoms with E-state index >= 15 is 0 Å². The fourth-order valence-electron chi connectivity index (χ4n) is 1.96. The van der Waals surface area contributed by atoms with E-state index in [0.717, 1.165) is 25.6 Å². The second-order valence-electron chi connectivity index (χ2n) is 4.16. The fraction of sp³-hybridized carbons (Fsp3) is 1.00. The van der Waals surface area contributed by atoms with Crippen molar-refractivity contribution < 1.29 is 0 Å². The maximum atomic E-state index is 5.49. The second-order valence-corrected chi connectivity index (χ2v) is 4.16. The van der Waals surface area contributed by atoms with Crippen LogP contribution >= 0.6 is 0 Å². The average Bonchev–Trinajstić information content (AvgIpc) is 2.15. The molecule has 1 fully saturated rings. The highest BCUT2D eigenvalue weighted by Gasteiger charge is 2.19. The van der Waals surface area contributed by atoms with Crippen LogP contribution in [-0.2, 0) is 0 Å². The molecular weight excluding hydrogens is 162 g/mol. The molecule has 0 unspecified atom stereocenters. The van der Waals surface area contributed by atoms with Gasteiger partial charge in [-0.15, -0.1) is 0 Å². The lowest BCUT2D eigenvalue weighted by Gasteiger charge is -2.35. The minimum absolute atomic E-state index is 0.794. The molecule has 78 valence electrons. The van der Waals surface area contributed by atoms with Gasteiger partial charge in [0, 0.05) is 6.04 Å². The normalized spacial score (nSPS) is 21.2. The summed E-state index contributed by atoms with van der Waals surface area (Å²) in [5.74, 6) is 0. The first-order valence-electron chi connectivity index (χ1n) is 5.33. The van der Waals surface area contributed by atoms with Crippen LogP contribution in [0.25, 0.3) is 0 Å². The molecule has 0 atom stereocenters. The molecule has 1 saturated heterocycles. The quantitative estimate of drug-likeness (QED) is 0.686. The summed E-state index contributed by atoms with van der Waals surface area (Å²) < 4.78 is 0. The van der Waals surface area contributed by atoms with Crippen LogP contribution in [0.3, 0.4) is 0 Å². The number of likely N-dealkylation sites (tertiary alicyclic amines) is 1. The van der Waals surface area contributed by atoms with Gasteiger partial charge in [-0.3, -0.25) is 0 Å².